The number of nitro benzene ring substituents is 1. The third-order valence-corrected chi connectivity index (χ3v) is 5.26. The van der Waals surface area contributed by atoms with Gasteiger partial charge in [-0.3, -0.25) is 19.6 Å². The molecule has 2 aromatic heterocycles. The van der Waals surface area contributed by atoms with E-state index in [1.54, 1.807) is 28.6 Å². The van der Waals surface area contributed by atoms with E-state index in [0.29, 0.717) is 17.9 Å². The smallest absolute Gasteiger partial charge is 0.276 e. The number of nitrogens with zero attached hydrogens (tertiary/aromatic N) is 5. The summed E-state index contributed by atoms with van der Waals surface area (Å²) in [7, 11) is 0. The molecule has 27 heavy (non-hydrogen) atoms. The first-order valence-corrected chi connectivity index (χ1v) is 8.85. The molecule has 0 aliphatic rings. The highest BCUT2D eigenvalue weighted by Crippen LogP contribution is 2.22. The van der Waals surface area contributed by atoms with Crippen molar-refractivity contribution in [2.24, 2.45) is 0 Å². The lowest BCUT2D eigenvalue weighted by molar-refractivity contribution is -0.384. The van der Waals surface area contributed by atoms with Crippen molar-refractivity contribution in [3.63, 3.8) is 0 Å². The first-order chi connectivity index (χ1) is 12.8. The molecule has 3 rings (SSSR count). The Labute approximate surface area is 163 Å². The zero-order chi connectivity index (χ0) is 19.7. The van der Waals surface area contributed by atoms with Crippen LogP contribution in [0.5, 0.6) is 0 Å². The van der Waals surface area contributed by atoms with Gasteiger partial charge in [-0.05, 0) is 54.4 Å². The summed E-state index contributed by atoms with van der Waals surface area (Å²) < 4.78 is 4.35. The Morgan fingerprint density at radius 1 is 1.26 bits per heavy atom. The fourth-order valence-electron chi connectivity index (χ4n) is 2.60. The molecule has 9 nitrogen and oxygen atoms in total. The molecule has 140 valence electrons. The molecule has 10 heteroatoms. The molecule has 1 aromatic carbocycles. The highest BCUT2D eigenvalue weighted by atomic mass is 79.9. The van der Waals surface area contributed by atoms with Crippen LogP contribution in [0.15, 0.2) is 34.9 Å². The van der Waals surface area contributed by atoms with Crippen LogP contribution in [0, 0.1) is 30.9 Å². The van der Waals surface area contributed by atoms with E-state index >= 15 is 0 Å². The number of nitrogens with one attached hydrogen (secondary N) is 1. The molecular weight excluding hydrogens is 416 g/mol. The summed E-state index contributed by atoms with van der Waals surface area (Å²) >= 11 is 3.48. The number of aryl methyl sites for hydroxylation is 2. The van der Waals surface area contributed by atoms with E-state index in [4.69, 9.17) is 0 Å². The van der Waals surface area contributed by atoms with Gasteiger partial charge in [0.1, 0.15) is 6.67 Å². The topological polar surface area (TPSA) is 108 Å². The monoisotopic (exact) mass is 432 g/mol. The van der Waals surface area contributed by atoms with Crippen LogP contribution >= 0.6 is 15.9 Å². The van der Waals surface area contributed by atoms with E-state index in [1.165, 1.54) is 18.2 Å². The van der Waals surface area contributed by atoms with Crippen molar-refractivity contribution >= 4 is 33.2 Å². The molecule has 0 saturated carbocycles. The number of halogens is 1. The van der Waals surface area contributed by atoms with Gasteiger partial charge < -0.3 is 5.32 Å². The van der Waals surface area contributed by atoms with E-state index in [0.717, 1.165) is 15.9 Å². The maximum absolute atomic E-state index is 12.4. The normalized spacial score (nSPS) is 10.8. The highest BCUT2D eigenvalue weighted by Gasteiger charge is 2.15. The third-order valence-electron chi connectivity index (χ3n) is 4.11. The van der Waals surface area contributed by atoms with E-state index in [2.05, 4.69) is 31.4 Å². The zero-order valence-corrected chi connectivity index (χ0v) is 16.5. The largest absolute Gasteiger partial charge is 0.320 e. The summed E-state index contributed by atoms with van der Waals surface area (Å²) in [6, 6.07) is 5.88. The standard InChI is InChI=1S/C17H17BrN6O3/c1-10-8-13(24(26)27)4-5-14(10)19-17(25)15-6-7-22(21-15)9-23-12(3)16(18)11(2)20-23/h4-8H,9H2,1-3H3,(H,19,25). The Bertz CT molecular complexity index is 1040. The van der Waals surface area contributed by atoms with Gasteiger partial charge in [-0.1, -0.05) is 0 Å². The average Bonchev–Trinajstić information content (AvgIpc) is 3.18. The summed E-state index contributed by atoms with van der Waals surface area (Å²) in [4.78, 5) is 22.8. The average molecular weight is 433 g/mol. The SMILES string of the molecule is Cc1cc([N+](=O)[O-])ccc1NC(=O)c1ccn(Cn2nc(C)c(Br)c2C)n1. The zero-order valence-electron chi connectivity index (χ0n) is 14.9. The Morgan fingerprint density at radius 3 is 2.59 bits per heavy atom. The van der Waals surface area contributed by atoms with Crippen molar-refractivity contribution in [2.75, 3.05) is 5.32 Å². The number of rotatable bonds is 5. The summed E-state index contributed by atoms with van der Waals surface area (Å²) in [5.74, 6) is -0.389. The number of non-ortho nitro benzene ring substituents is 1. The maximum atomic E-state index is 12.4. The maximum Gasteiger partial charge on any atom is 0.276 e. The Kier molecular flexibility index (Phi) is 5.08. The quantitative estimate of drug-likeness (QED) is 0.490. The molecule has 0 fully saturated rings. The van der Waals surface area contributed by atoms with Gasteiger partial charge in [-0.15, -0.1) is 0 Å². The number of anilines is 1. The van der Waals surface area contributed by atoms with Crippen molar-refractivity contribution in [3.8, 4) is 0 Å². The molecule has 0 spiro atoms. The molecule has 0 radical (unpaired) electrons. The van der Waals surface area contributed by atoms with Gasteiger partial charge in [0.2, 0.25) is 0 Å². The fourth-order valence-corrected chi connectivity index (χ4v) is 2.88. The van der Waals surface area contributed by atoms with Crippen molar-refractivity contribution < 1.29 is 9.72 Å². The van der Waals surface area contributed by atoms with Crippen LogP contribution in [0.3, 0.4) is 0 Å². The van der Waals surface area contributed by atoms with Crippen LogP contribution in [-0.4, -0.2) is 30.4 Å². The molecule has 1 amide bonds. The first kappa shape index (κ1) is 18.8. The van der Waals surface area contributed by atoms with E-state index in [-0.39, 0.29) is 17.3 Å². The molecule has 2 heterocycles. The van der Waals surface area contributed by atoms with Crippen LogP contribution < -0.4 is 5.32 Å². The Hall–Kier alpha value is -3.01. The van der Waals surface area contributed by atoms with Gasteiger partial charge in [0, 0.05) is 24.0 Å². The van der Waals surface area contributed by atoms with E-state index < -0.39 is 4.92 Å². The summed E-state index contributed by atoms with van der Waals surface area (Å²) in [5.41, 5.74) is 3.17. The van der Waals surface area contributed by atoms with E-state index in [1.807, 2.05) is 13.8 Å². The number of aromatic nitrogens is 4. The molecule has 0 unspecified atom stereocenters. The lowest BCUT2D eigenvalue weighted by atomic mass is 10.1. The van der Waals surface area contributed by atoms with Gasteiger partial charge in [0.15, 0.2) is 5.69 Å². The van der Waals surface area contributed by atoms with Crippen LogP contribution in [0.25, 0.3) is 0 Å². The molecule has 0 atom stereocenters. The summed E-state index contributed by atoms with van der Waals surface area (Å²) in [6.07, 6.45) is 1.70. The first-order valence-electron chi connectivity index (χ1n) is 8.05. The number of benzene rings is 1. The van der Waals surface area contributed by atoms with Crippen LogP contribution in [-0.2, 0) is 6.67 Å². The Morgan fingerprint density at radius 2 is 2.00 bits per heavy atom. The predicted molar refractivity (Wildman–Crippen MR) is 103 cm³/mol. The Balaban J connectivity index is 1.73. The third kappa shape index (κ3) is 3.90. The fraction of sp³-hybridized carbons (Fsp3) is 0.235. The lowest BCUT2D eigenvalue weighted by Crippen LogP contribution is -2.16. The molecule has 0 aliphatic carbocycles. The van der Waals surface area contributed by atoms with Crippen LogP contribution in [0.4, 0.5) is 11.4 Å². The van der Waals surface area contributed by atoms with Gasteiger partial charge in [-0.2, -0.15) is 10.2 Å². The second-order valence-electron chi connectivity index (χ2n) is 6.08. The van der Waals surface area contributed by atoms with Crippen molar-refractivity contribution in [1.29, 1.82) is 0 Å². The molecule has 0 saturated heterocycles. The minimum Gasteiger partial charge on any atom is -0.320 e. The summed E-state index contributed by atoms with van der Waals surface area (Å²) in [5, 5.41) is 22.2. The second-order valence-corrected chi connectivity index (χ2v) is 6.87. The molecular formula is C17H17BrN6O3. The van der Waals surface area contributed by atoms with E-state index in [9.17, 15) is 14.9 Å². The molecule has 0 aliphatic heterocycles. The molecule has 3 aromatic rings. The predicted octanol–water partition coefficient (Wildman–Crippen LogP) is 3.43. The van der Waals surface area contributed by atoms with Crippen molar-refractivity contribution in [2.45, 2.75) is 27.4 Å². The number of hydrogen-bond donors (Lipinski definition) is 1. The van der Waals surface area contributed by atoms with Gasteiger partial charge in [0.05, 0.1) is 20.8 Å². The number of carbonyl (C=O) groups excluding carboxylic acids is 1. The minimum atomic E-state index is -0.475. The second kappa shape index (κ2) is 7.31. The van der Waals surface area contributed by atoms with Crippen molar-refractivity contribution in [3.05, 3.63) is 67.7 Å². The highest BCUT2D eigenvalue weighted by molar-refractivity contribution is 9.10. The van der Waals surface area contributed by atoms with Crippen molar-refractivity contribution in [1.82, 2.24) is 19.6 Å². The van der Waals surface area contributed by atoms with Gasteiger partial charge in [-0.25, -0.2) is 4.68 Å². The lowest BCUT2D eigenvalue weighted by Gasteiger charge is -2.07. The summed E-state index contributed by atoms with van der Waals surface area (Å²) in [6.45, 7) is 5.92. The number of nitro groups is 1. The minimum absolute atomic E-state index is 0.0224. The van der Waals surface area contributed by atoms with Gasteiger partial charge in [0.25, 0.3) is 11.6 Å². The van der Waals surface area contributed by atoms with Crippen LogP contribution in [0.2, 0.25) is 0 Å². The molecule has 0 bridgehead atoms. The van der Waals surface area contributed by atoms with Crippen LogP contribution in [0.1, 0.15) is 27.4 Å². The number of hydrogen-bond acceptors (Lipinski definition) is 5. The number of carbonyl (C=O) groups is 1. The van der Waals surface area contributed by atoms with Gasteiger partial charge >= 0.3 is 0 Å². The molecule has 1 N–H and O–H groups in total. The number of amides is 1.